The van der Waals surface area contributed by atoms with E-state index in [-0.39, 0.29) is 6.79 Å². The molecule has 0 aliphatic heterocycles. The van der Waals surface area contributed by atoms with E-state index in [4.69, 9.17) is 15.2 Å². The molecule has 0 heterocycles. The monoisotopic (exact) mass is 167 g/mol. The third kappa shape index (κ3) is 2.13. The summed E-state index contributed by atoms with van der Waals surface area (Å²) in [5.74, 6) is 0.775. The molecule has 0 aliphatic carbocycles. The number of benzene rings is 1. The Labute approximate surface area is 72.1 Å². The fourth-order valence-electron chi connectivity index (χ4n) is 0.895. The van der Waals surface area contributed by atoms with E-state index in [0.29, 0.717) is 5.69 Å². The summed E-state index contributed by atoms with van der Waals surface area (Å²) in [6.45, 7) is 2.22. The number of nitrogen functional groups attached to an aromatic ring is 1. The maximum Gasteiger partial charge on any atom is 0.188 e. The molecule has 0 amide bonds. The van der Waals surface area contributed by atoms with E-state index in [2.05, 4.69) is 0 Å². The van der Waals surface area contributed by atoms with Gasteiger partial charge in [0, 0.05) is 18.9 Å². The number of aryl methyl sites for hydroxylation is 1. The van der Waals surface area contributed by atoms with E-state index in [9.17, 15) is 0 Å². The van der Waals surface area contributed by atoms with Crippen molar-refractivity contribution in [2.75, 3.05) is 19.6 Å². The predicted molar refractivity (Wildman–Crippen MR) is 48.1 cm³/mol. The van der Waals surface area contributed by atoms with Crippen LogP contribution in [0.2, 0.25) is 0 Å². The summed E-state index contributed by atoms with van der Waals surface area (Å²) in [7, 11) is 1.58. The number of methoxy groups -OCH3 is 1. The Morgan fingerprint density at radius 2 is 2.17 bits per heavy atom. The zero-order chi connectivity index (χ0) is 8.97. The molecule has 0 unspecified atom stereocenters. The summed E-state index contributed by atoms with van der Waals surface area (Å²) in [4.78, 5) is 0. The van der Waals surface area contributed by atoms with Gasteiger partial charge in [0.15, 0.2) is 6.79 Å². The van der Waals surface area contributed by atoms with Crippen LogP contribution in [0.15, 0.2) is 18.2 Å². The lowest BCUT2D eigenvalue weighted by Gasteiger charge is -2.07. The molecule has 0 spiro atoms. The van der Waals surface area contributed by atoms with Crippen molar-refractivity contribution in [3.05, 3.63) is 23.8 Å². The van der Waals surface area contributed by atoms with Gasteiger partial charge in [0.1, 0.15) is 5.75 Å². The van der Waals surface area contributed by atoms with Gasteiger partial charge >= 0.3 is 0 Å². The van der Waals surface area contributed by atoms with Crippen LogP contribution in [0.3, 0.4) is 0 Å². The van der Waals surface area contributed by atoms with E-state index >= 15 is 0 Å². The van der Waals surface area contributed by atoms with Gasteiger partial charge in [0.2, 0.25) is 0 Å². The SMILES string of the molecule is COCOc1cc(N)ccc1C. The van der Waals surface area contributed by atoms with Gasteiger partial charge in [0.05, 0.1) is 0 Å². The molecular formula is C9H13NO2. The van der Waals surface area contributed by atoms with Crippen molar-refractivity contribution in [2.24, 2.45) is 0 Å². The second-order valence-corrected chi connectivity index (χ2v) is 2.58. The molecule has 3 nitrogen and oxygen atoms in total. The van der Waals surface area contributed by atoms with E-state index < -0.39 is 0 Å². The molecule has 0 bridgehead atoms. The van der Waals surface area contributed by atoms with Crippen molar-refractivity contribution in [3.8, 4) is 5.75 Å². The largest absolute Gasteiger partial charge is 0.467 e. The van der Waals surface area contributed by atoms with Crippen LogP contribution in [-0.2, 0) is 4.74 Å². The van der Waals surface area contributed by atoms with Crippen molar-refractivity contribution < 1.29 is 9.47 Å². The molecule has 12 heavy (non-hydrogen) atoms. The highest BCUT2D eigenvalue weighted by atomic mass is 16.7. The second kappa shape index (κ2) is 3.97. The normalized spacial score (nSPS) is 9.83. The minimum atomic E-state index is 0.254. The number of hydrogen-bond acceptors (Lipinski definition) is 3. The molecule has 0 radical (unpaired) electrons. The van der Waals surface area contributed by atoms with Gasteiger partial charge in [-0.2, -0.15) is 0 Å². The van der Waals surface area contributed by atoms with Gasteiger partial charge in [-0.05, 0) is 18.6 Å². The first kappa shape index (κ1) is 8.87. The maximum atomic E-state index is 5.58. The first-order chi connectivity index (χ1) is 5.74. The van der Waals surface area contributed by atoms with Crippen LogP contribution in [-0.4, -0.2) is 13.9 Å². The highest BCUT2D eigenvalue weighted by Gasteiger charge is 1.98. The summed E-state index contributed by atoms with van der Waals surface area (Å²) in [6.07, 6.45) is 0. The topological polar surface area (TPSA) is 44.5 Å². The molecule has 3 heteroatoms. The summed E-state index contributed by atoms with van der Waals surface area (Å²) in [5, 5.41) is 0. The minimum absolute atomic E-state index is 0.254. The number of nitrogens with two attached hydrogens (primary N) is 1. The molecule has 0 saturated carbocycles. The molecule has 66 valence electrons. The summed E-state index contributed by atoms with van der Waals surface area (Å²) >= 11 is 0. The Morgan fingerprint density at radius 3 is 2.83 bits per heavy atom. The van der Waals surface area contributed by atoms with Crippen LogP contribution < -0.4 is 10.5 Å². The van der Waals surface area contributed by atoms with Crippen molar-refractivity contribution >= 4 is 5.69 Å². The van der Waals surface area contributed by atoms with Crippen LogP contribution in [0.4, 0.5) is 5.69 Å². The van der Waals surface area contributed by atoms with E-state index in [1.54, 1.807) is 13.2 Å². The highest BCUT2D eigenvalue weighted by Crippen LogP contribution is 2.20. The van der Waals surface area contributed by atoms with Gasteiger partial charge in [-0.3, -0.25) is 0 Å². The summed E-state index contributed by atoms with van der Waals surface area (Å²) in [6, 6.07) is 5.55. The van der Waals surface area contributed by atoms with Crippen LogP contribution in [0.5, 0.6) is 5.75 Å². The molecule has 1 aromatic rings. The smallest absolute Gasteiger partial charge is 0.188 e. The average molecular weight is 167 g/mol. The molecule has 0 atom stereocenters. The molecule has 0 aliphatic rings. The number of anilines is 1. The first-order valence-electron chi connectivity index (χ1n) is 3.72. The molecule has 2 N–H and O–H groups in total. The predicted octanol–water partition coefficient (Wildman–Crippen LogP) is 1.56. The van der Waals surface area contributed by atoms with Gasteiger partial charge in [-0.25, -0.2) is 0 Å². The molecule has 0 aromatic heterocycles. The Balaban J connectivity index is 2.75. The van der Waals surface area contributed by atoms with Crippen LogP contribution in [0, 0.1) is 6.92 Å². The number of hydrogen-bond donors (Lipinski definition) is 1. The molecule has 0 saturated heterocycles. The van der Waals surface area contributed by atoms with Crippen molar-refractivity contribution in [1.82, 2.24) is 0 Å². The Morgan fingerprint density at radius 1 is 1.42 bits per heavy atom. The van der Waals surface area contributed by atoms with Crippen molar-refractivity contribution in [2.45, 2.75) is 6.92 Å². The molecule has 0 fully saturated rings. The second-order valence-electron chi connectivity index (χ2n) is 2.58. The summed E-state index contributed by atoms with van der Waals surface area (Å²) in [5.41, 5.74) is 7.34. The van der Waals surface area contributed by atoms with Crippen molar-refractivity contribution in [1.29, 1.82) is 0 Å². The molecule has 1 rings (SSSR count). The Hall–Kier alpha value is -1.22. The number of rotatable bonds is 3. The lowest BCUT2D eigenvalue weighted by molar-refractivity contribution is 0.0507. The standard InChI is InChI=1S/C9H13NO2/c1-7-3-4-8(10)5-9(7)12-6-11-2/h3-5H,6,10H2,1-2H3. The average Bonchev–Trinajstić information content (AvgIpc) is 2.07. The van der Waals surface area contributed by atoms with E-state index in [1.807, 2.05) is 19.1 Å². The Kier molecular flexibility index (Phi) is 2.94. The van der Waals surface area contributed by atoms with Crippen molar-refractivity contribution in [3.63, 3.8) is 0 Å². The van der Waals surface area contributed by atoms with E-state index in [0.717, 1.165) is 11.3 Å². The van der Waals surface area contributed by atoms with E-state index in [1.165, 1.54) is 0 Å². The van der Waals surface area contributed by atoms with Gasteiger partial charge in [-0.15, -0.1) is 0 Å². The quantitative estimate of drug-likeness (QED) is 0.549. The maximum absolute atomic E-state index is 5.58. The van der Waals surface area contributed by atoms with Gasteiger partial charge < -0.3 is 15.2 Å². The zero-order valence-electron chi connectivity index (χ0n) is 7.33. The summed E-state index contributed by atoms with van der Waals surface area (Å²) < 4.78 is 10.0. The third-order valence-corrected chi connectivity index (χ3v) is 1.54. The van der Waals surface area contributed by atoms with Gasteiger partial charge in [0.25, 0.3) is 0 Å². The fourth-order valence-corrected chi connectivity index (χ4v) is 0.895. The fraction of sp³-hybridized carbons (Fsp3) is 0.333. The third-order valence-electron chi connectivity index (χ3n) is 1.54. The lowest BCUT2D eigenvalue weighted by Crippen LogP contribution is -2.00. The first-order valence-corrected chi connectivity index (χ1v) is 3.72. The van der Waals surface area contributed by atoms with Crippen LogP contribution in [0.1, 0.15) is 5.56 Å². The van der Waals surface area contributed by atoms with Crippen LogP contribution in [0.25, 0.3) is 0 Å². The highest BCUT2D eigenvalue weighted by molar-refractivity contribution is 5.47. The Bertz CT molecular complexity index is 261. The minimum Gasteiger partial charge on any atom is -0.467 e. The zero-order valence-corrected chi connectivity index (χ0v) is 7.33. The lowest BCUT2D eigenvalue weighted by atomic mass is 10.2. The van der Waals surface area contributed by atoms with Crippen LogP contribution >= 0.6 is 0 Å². The van der Waals surface area contributed by atoms with Gasteiger partial charge in [-0.1, -0.05) is 6.07 Å². The molecule has 1 aromatic carbocycles. The number of ether oxygens (including phenoxy) is 2. The molecular weight excluding hydrogens is 154 g/mol.